The normalized spacial score (nSPS) is 11.1. The van der Waals surface area contributed by atoms with E-state index >= 15 is 0 Å². The third-order valence-electron chi connectivity index (χ3n) is 2.76. The maximum Gasteiger partial charge on any atom is 0.417 e. The second kappa shape index (κ2) is 7.10. The lowest BCUT2D eigenvalue weighted by Crippen LogP contribution is -2.18. The van der Waals surface area contributed by atoms with Crippen molar-refractivity contribution >= 4 is 11.9 Å². The summed E-state index contributed by atoms with van der Waals surface area (Å²) in [6.45, 7) is 1.46. The Hall–Kier alpha value is -2.05. The summed E-state index contributed by atoms with van der Waals surface area (Å²) in [4.78, 5) is 22.9. The maximum absolute atomic E-state index is 13.0. The maximum atomic E-state index is 13.0. The molecule has 0 N–H and O–H groups in total. The van der Waals surface area contributed by atoms with E-state index in [1.807, 2.05) is 0 Å². The summed E-state index contributed by atoms with van der Waals surface area (Å²) in [5.74, 6) is -1.62. The first-order chi connectivity index (χ1) is 9.81. The number of methoxy groups -OCH3 is 1. The molecule has 21 heavy (non-hydrogen) atoms. The van der Waals surface area contributed by atoms with E-state index in [2.05, 4.69) is 9.47 Å². The number of alkyl halides is 3. The van der Waals surface area contributed by atoms with Crippen LogP contribution in [-0.4, -0.2) is 25.7 Å². The predicted molar refractivity (Wildman–Crippen MR) is 67.7 cm³/mol. The highest BCUT2D eigenvalue weighted by Crippen LogP contribution is 2.34. The topological polar surface area (TPSA) is 52.6 Å². The quantitative estimate of drug-likeness (QED) is 0.785. The monoisotopic (exact) mass is 304 g/mol. The van der Waals surface area contributed by atoms with Gasteiger partial charge in [-0.2, -0.15) is 13.2 Å². The molecule has 0 aromatic heterocycles. The first kappa shape index (κ1) is 17.0. The van der Waals surface area contributed by atoms with Crippen LogP contribution in [0.3, 0.4) is 0 Å². The van der Waals surface area contributed by atoms with Crippen LogP contribution >= 0.6 is 0 Å². The molecule has 0 bridgehead atoms. The van der Waals surface area contributed by atoms with E-state index in [-0.39, 0.29) is 25.0 Å². The highest BCUT2D eigenvalue weighted by molar-refractivity contribution is 5.93. The smallest absolute Gasteiger partial charge is 0.417 e. The number of esters is 2. The minimum absolute atomic E-state index is 0.0370. The highest BCUT2D eigenvalue weighted by atomic mass is 19.4. The number of benzene rings is 1. The summed E-state index contributed by atoms with van der Waals surface area (Å²) in [6.07, 6.45) is -4.83. The second-order valence-corrected chi connectivity index (χ2v) is 4.13. The second-order valence-electron chi connectivity index (χ2n) is 4.13. The standard InChI is InChI=1S/C14H15F3O4/c1-3-21-13(19)12-9(7-8-11(18)20-2)5-4-6-10(12)14(15,16)17/h4-6H,3,7-8H2,1-2H3. The number of ether oxygens (including phenoxy) is 2. The molecule has 7 heteroatoms. The Bertz CT molecular complexity index is 523. The van der Waals surface area contributed by atoms with Crippen LogP contribution in [0.4, 0.5) is 13.2 Å². The first-order valence-electron chi connectivity index (χ1n) is 6.24. The third-order valence-corrected chi connectivity index (χ3v) is 2.76. The molecule has 1 rings (SSSR count). The fourth-order valence-corrected chi connectivity index (χ4v) is 1.83. The molecule has 0 unspecified atom stereocenters. The van der Waals surface area contributed by atoms with Gasteiger partial charge in [-0.15, -0.1) is 0 Å². The van der Waals surface area contributed by atoms with Crippen LogP contribution in [0.15, 0.2) is 18.2 Å². The van der Waals surface area contributed by atoms with E-state index < -0.39 is 29.2 Å². The summed E-state index contributed by atoms with van der Waals surface area (Å²) in [5, 5.41) is 0. The van der Waals surface area contributed by atoms with Gasteiger partial charge >= 0.3 is 18.1 Å². The van der Waals surface area contributed by atoms with Gasteiger partial charge in [-0.25, -0.2) is 4.79 Å². The van der Waals surface area contributed by atoms with Crippen LogP contribution < -0.4 is 0 Å². The Morgan fingerprint density at radius 3 is 2.43 bits per heavy atom. The fraction of sp³-hybridized carbons (Fsp3) is 0.429. The van der Waals surface area contributed by atoms with E-state index in [4.69, 9.17) is 0 Å². The van der Waals surface area contributed by atoms with Crippen molar-refractivity contribution in [1.82, 2.24) is 0 Å². The molecular formula is C14H15F3O4. The molecule has 0 fully saturated rings. The predicted octanol–water partition coefficient (Wildman–Crippen LogP) is 2.99. The number of halogens is 3. The molecule has 0 aliphatic rings. The molecule has 0 saturated carbocycles. The molecule has 0 amide bonds. The first-order valence-corrected chi connectivity index (χ1v) is 6.24. The summed E-state index contributed by atoms with van der Waals surface area (Å²) >= 11 is 0. The number of carbonyl (C=O) groups excluding carboxylic acids is 2. The van der Waals surface area contributed by atoms with Crippen LogP contribution in [0, 0.1) is 0 Å². The Morgan fingerprint density at radius 2 is 1.90 bits per heavy atom. The van der Waals surface area contributed by atoms with E-state index in [9.17, 15) is 22.8 Å². The Kier molecular flexibility index (Phi) is 5.75. The van der Waals surface area contributed by atoms with Crippen LogP contribution in [0.2, 0.25) is 0 Å². The van der Waals surface area contributed by atoms with Crippen LogP contribution in [-0.2, 0) is 26.9 Å². The number of hydrogen-bond acceptors (Lipinski definition) is 4. The largest absolute Gasteiger partial charge is 0.469 e. The van der Waals surface area contributed by atoms with Crippen LogP contribution in [0.5, 0.6) is 0 Å². The lowest BCUT2D eigenvalue weighted by Gasteiger charge is -2.15. The van der Waals surface area contributed by atoms with Crippen molar-refractivity contribution in [3.63, 3.8) is 0 Å². The molecular weight excluding hydrogens is 289 g/mol. The van der Waals surface area contributed by atoms with Crippen molar-refractivity contribution in [2.75, 3.05) is 13.7 Å². The van der Waals surface area contributed by atoms with E-state index in [0.29, 0.717) is 0 Å². The lowest BCUT2D eigenvalue weighted by molar-refractivity contribution is -0.140. The number of carbonyl (C=O) groups is 2. The van der Waals surface area contributed by atoms with Crippen LogP contribution in [0.1, 0.15) is 34.8 Å². The Morgan fingerprint density at radius 1 is 1.24 bits per heavy atom. The van der Waals surface area contributed by atoms with Gasteiger partial charge in [-0.05, 0) is 25.0 Å². The van der Waals surface area contributed by atoms with Gasteiger partial charge < -0.3 is 9.47 Å². The van der Waals surface area contributed by atoms with Gasteiger partial charge in [0.25, 0.3) is 0 Å². The molecule has 4 nitrogen and oxygen atoms in total. The third kappa shape index (κ3) is 4.47. The van der Waals surface area contributed by atoms with E-state index in [1.54, 1.807) is 0 Å². The average Bonchev–Trinajstić information content (AvgIpc) is 2.43. The lowest BCUT2D eigenvalue weighted by atomic mass is 9.97. The summed E-state index contributed by atoms with van der Waals surface area (Å²) in [6, 6.07) is 3.37. The zero-order valence-corrected chi connectivity index (χ0v) is 11.6. The van der Waals surface area contributed by atoms with Crippen molar-refractivity contribution in [2.24, 2.45) is 0 Å². The van der Waals surface area contributed by atoms with Crippen LogP contribution in [0.25, 0.3) is 0 Å². The molecule has 116 valence electrons. The summed E-state index contributed by atoms with van der Waals surface area (Å²) in [7, 11) is 1.18. The van der Waals surface area contributed by atoms with Crippen molar-refractivity contribution in [2.45, 2.75) is 25.9 Å². The zero-order chi connectivity index (χ0) is 16.0. The molecule has 1 aromatic carbocycles. The van der Waals surface area contributed by atoms with Gasteiger partial charge in [-0.1, -0.05) is 12.1 Å². The molecule has 0 aliphatic carbocycles. The molecule has 0 radical (unpaired) electrons. The fourth-order valence-electron chi connectivity index (χ4n) is 1.83. The molecule has 1 aromatic rings. The number of rotatable bonds is 5. The minimum atomic E-state index is -4.68. The van der Waals surface area contributed by atoms with Crippen molar-refractivity contribution in [3.8, 4) is 0 Å². The highest BCUT2D eigenvalue weighted by Gasteiger charge is 2.36. The molecule has 0 aliphatic heterocycles. The van der Waals surface area contributed by atoms with E-state index in [0.717, 1.165) is 6.07 Å². The summed E-state index contributed by atoms with van der Waals surface area (Å²) in [5.41, 5.74) is -1.51. The van der Waals surface area contributed by atoms with Crippen molar-refractivity contribution in [3.05, 3.63) is 34.9 Å². The molecule has 0 spiro atoms. The van der Waals surface area contributed by atoms with Crippen molar-refractivity contribution < 1.29 is 32.2 Å². The minimum Gasteiger partial charge on any atom is -0.469 e. The number of hydrogen-bond donors (Lipinski definition) is 0. The Balaban J connectivity index is 3.23. The zero-order valence-electron chi connectivity index (χ0n) is 11.6. The Labute approximate surface area is 119 Å². The van der Waals surface area contributed by atoms with Gasteiger partial charge in [0, 0.05) is 6.42 Å². The SMILES string of the molecule is CCOC(=O)c1c(CCC(=O)OC)cccc1C(F)(F)F. The number of aryl methyl sites for hydroxylation is 1. The molecule has 0 atom stereocenters. The molecule has 0 saturated heterocycles. The van der Waals surface area contributed by atoms with Gasteiger partial charge in [-0.3, -0.25) is 4.79 Å². The average molecular weight is 304 g/mol. The van der Waals surface area contributed by atoms with Gasteiger partial charge in [0.15, 0.2) is 0 Å². The summed E-state index contributed by atoms with van der Waals surface area (Å²) < 4.78 is 48.1. The van der Waals surface area contributed by atoms with E-state index in [1.165, 1.54) is 26.2 Å². The van der Waals surface area contributed by atoms with Gasteiger partial charge in [0.1, 0.15) is 0 Å². The van der Waals surface area contributed by atoms with Gasteiger partial charge in [0.2, 0.25) is 0 Å². The molecule has 0 heterocycles. The van der Waals surface area contributed by atoms with Gasteiger partial charge in [0.05, 0.1) is 24.8 Å². The van der Waals surface area contributed by atoms with Crippen molar-refractivity contribution in [1.29, 1.82) is 0 Å².